The van der Waals surface area contributed by atoms with Gasteiger partial charge in [0, 0.05) is 6.54 Å². The number of nitrogens with zero attached hydrogens (tertiary/aromatic N) is 2. The molecule has 0 spiro atoms. The maximum absolute atomic E-state index is 12.1. The lowest BCUT2D eigenvalue weighted by Gasteiger charge is -2.21. The number of aliphatic hydroxyl groups excluding tert-OH is 1. The summed E-state index contributed by atoms with van der Waals surface area (Å²) in [6.45, 7) is 5.02. The first-order chi connectivity index (χ1) is 12.9. The van der Waals surface area contributed by atoms with Gasteiger partial charge in [-0.25, -0.2) is 4.98 Å². The first-order valence-corrected chi connectivity index (χ1v) is 8.97. The normalized spacial score (nSPS) is 12.5. The Morgan fingerprint density at radius 2 is 1.85 bits per heavy atom. The number of nitrogens with one attached hydrogen (secondary N) is 1. The van der Waals surface area contributed by atoms with Gasteiger partial charge in [-0.1, -0.05) is 30.3 Å². The topological polar surface area (TPSA) is 78.5 Å². The minimum absolute atomic E-state index is 0.150. The number of H-pyrrole nitrogens is 1. The Morgan fingerprint density at radius 1 is 1.15 bits per heavy atom. The molecule has 0 amide bonds. The van der Waals surface area contributed by atoms with Crippen LogP contribution in [0.4, 0.5) is 0 Å². The largest absolute Gasteiger partial charge is 0.490 e. The number of likely N-dealkylation sites (N-methyl/N-ethyl adjacent to an activating group) is 1. The van der Waals surface area contributed by atoms with E-state index < -0.39 is 6.10 Å². The lowest BCUT2D eigenvalue weighted by molar-refractivity contribution is 0.0732. The van der Waals surface area contributed by atoms with Gasteiger partial charge in [0.2, 0.25) is 0 Å². The summed E-state index contributed by atoms with van der Waals surface area (Å²) >= 11 is 0. The molecular weight excluding hydrogens is 342 g/mol. The van der Waals surface area contributed by atoms with Crippen LogP contribution in [0, 0.1) is 13.8 Å². The Balaban J connectivity index is 1.59. The second-order valence-corrected chi connectivity index (χ2v) is 6.91. The highest BCUT2D eigenvalue weighted by atomic mass is 16.5. The van der Waals surface area contributed by atoms with E-state index in [4.69, 9.17) is 4.74 Å². The van der Waals surface area contributed by atoms with Gasteiger partial charge in [0.05, 0.1) is 17.4 Å². The fourth-order valence-electron chi connectivity index (χ4n) is 3.15. The molecule has 1 heterocycles. The summed E-state index contributed by atoms with van der Waals surface area (Å²) in [7, 11) is 1.87. The van der Waals surface area contributed by atoms with Crippen LogP contribution >= 0.6 is 0 Å². The molecule has 0 radical (unpaired) electrons. The van der Waals surface area contributed by atoms with E-state index >= 15 is 0 Å². The van der Waals surface area contributed by atoms with E-state index in [1.807, 2.05) is 62.2 Å². The molecule has 1 atom stereocenters. The third-order valence-electron chi connectivity index (χ3n) is 4.43. The molecule has 0 unspecified atom stereocenters. The van der Waals surface area contributed by atoms with E-state index in [0.717, 1.165) is 16.9 Å². The fourth-order valence-corrected chi connectivity index (χ4v) is 3.15. The monoisotopic (exact) mass is 367 g/mol. The summed E-state index contributed by atoms with van der Waals surface area (Å²) < 4.78 is 5.81. The van der Waals surface area contributed by atoms with Gasteiger partial charge in [0.15, 0.2) is 0 Å². The predicted octanol–water partition coefficient (Wildman–Crippen LogP) is 2.41. The Hall–Kier alpha value is -2.70. The number of fused-ring (bicyclic) bond motifs is 1. The van der Waals surface area contributed by atoms with Crippen LogP contribution in [0.25, 0.3) is 10.9 Å². The van der Waals surface area contributed by atoms with Gasteiger partial charge in [-0.3, -0.25) is 9.69 Å². The predicted molar refractivity (Wildman–Crippen MR) is 106 cm³/mol. The van der Waals surface area contributed by atoms with E-state index in [1.165, 1.54) is 0 Å². The number of hydrogen-bond acceptors (Lipinski definition) is 5. The van der Waals surface area contributed by atoms with Crippen molar-refractivity contribution in [3.63, 3.8) is 0 Å². The van der Waals surface area contributed by atoms with Crippen molar-refractivity contribution >= 4 is 10.9 Å². The number of aryl methyl sites for hydroxylation is 2. The summed E-state index contributed by atoms with van der Waals surface area (Å²) in [6.07, 6.45) is -0.652. The van der Waals surface area contributed by atoms with Crippen LogP contribution in [0.3, 0.4) is 0 Å². The zero-order chi connectivity index (χ0) is 19.4. The van der Waals surface area contributed by atoms with Crippen LogP contribution < -0.4 is 10.3 Å². The molecule has 0 bridgehead atoms. The quantitative estimate of drug-likeness (QED) is 0.670. The van der Waals surface area contributed by atoms with Gasteiger partial charge in [-0.2, -0.15) is 0 Å². The molecule has 0 saturated heterocycles. The van der Waals surface area contributed by atoms with E-state index in [-0.39, 0.29) is 12.2 Å². The van der Waals surface area contributed by atoms with Crippen LogP contribution in [0.15, 0.2) is 47.3 Å². The van der Waals surface area contributed by atoms with Gasteiger partial charge in [-0.15, -0.1) is 0 Å². The molecule has 142 valence electrons. The summed E-state index contributed by atoms with van der Waals surface area (Å²) in [4.78, 5) is 21.3. The number of ether oxygens (including phenoxy) is 1. The summed E-state index contributed by atoms with van der Waals surface area (Å²) in [5.41, 5.74) is 2.62. The number of benzene rings is 2. The maximum atomic E-state index is 12.1. The second kappa shape index (κ2) is 8.33. The molecule has 2 N–H and O–H groups in total. The van der Waals surface area contributed by atoms with Crippen molar-refractivity contribution in [2.45, 2.75) is 26.5 Å². The van der Waals surface area contributed by atoms with Gasteiger partial charge < -0.3 is 14.8 Å². The summed E-state index contributed by atoms with van der Waals surface area (Å²) in [5, 5.41) is 10.9. The number of hydrogen-bond donors (Lipinski definition) is 2. The number of aromatic amines is 1. The van der Waals surface area contributed by atoms with Gasteiger partial charge in [0.1, 0.15) is 24.3 Å². The van der Waals surface area contributed by atoms with Crippen molar-refractivity contribution in [3.05, 3.63) is 69.8 Å². The molecule has 3 aromatic rings. The van der Waals surface area contributed by atoms with E-state index in [1.54, 1.807) is 6.07 Å². The number of aromatic nitrogens is 2. The van der Waals surface area contributed by atoms with Crippen LogP contribution in [0.2, 0.25) is 0 Å². The smallest absolute Gasteiger partial charge is 0.258 e. The fraction of sp³-hybridized carbons (Fsp3) is 0.333. The summed E-state index contributed by atoms with van der Waals surface area (Å²) in [5.74, 6) is 1.39. The molecule has 6 nitrogen and oxygen atoms in total. The van der Waals surface area contributed by atoms with Crippen LogP contribution in [0.1, 0.15) is 17.0 Å². The third kappa shape index (κ3) is 4.72. The Morgan fingerprint density at radius 3 is 2.59 bits per heavy atom. The minimum atomic E-state index is -0.652. The van der Waals surface area contributed by atoms with Crippen LogP contribution in [0.5, 0.6) is 5.75 Å². The Bertz CT molecular complexity index is 964. The highest BCUT2D eigenvalue weighted by Crippen LogP contribution is 2.22. The first-order valence-electron chi connectivity index (χ1n) is 8.97. The molecule has 1 aromatic heterocycles. The zero-order valence-electron chi connectivity index (χ0n) is 15.9. The summed E-state index contributed by atoms with van der Waals surface area (Å²) in [6, 6.07) is 13.2. The average Bonchev–Trinajstić information content (AvgIpc) is 2.61. The molecule has 0 aliphatic rings. The molecular formula is C21H25N3O3. The zero-order valence-corrected chi connectivity index (χ0v) is 15.9. The Kier molecular flexibility index (Phi) is 5.88. The molecule has 0 fully saturated rings. The minimum Gasteiger partial charge on any atom is -0.490 e. The van der Waals surface area contributed by atoms with Crippen LogP contribution in [-0.2, 0) is 6.54 Å². The molecule has 0 aliphatic heterocycles. The molecule has 0 saturated carbocycles. The van der Waals surface area contributed by atoms with Crippen molar-refractivity contribution in [1.82, 2.24) is 14.9 Å². The highest BCUT2D eigenvalue weighted by molar-refractivity contribution is 5.77. The van der Waals surface area contributed by atoms with Gasteiger partial charge in [-0.05, 0) is 44.2 Å². The standard InChI is InChI=1S/C21H25N3O3/c1-14-7-6-8-15(2)20(14)27-13-16(25)11-24(3)12-19-22-18-10-5-4-9-17(18)21(26)23-19/h4-10,16,25H,11-13H2,1-3H3,(H,22,23,26)/t16-/m0/s1. The SMILES string of the molecule is Cc1cccc(C)c1OC[C@@H](O)CN(C)Cc1nc2ccccc2c(=O)[nH]1. The van der Waals surface area contributed by atoms with Gasteiger partial charge >= 0.3 is 0 Å². The van der Waals surface area contributed by atoms with Gasteiger partial charge in [0.25, 0.3) is 5.56 Å². The molecule has 3 rings (SSSR count). The Labute approximate surface area is 158 Å². The van der Waals surface area contributed by atoms with Crippen molar-refractivity contribution in [2.24, 2.45) is 0 Å². The molecule has 6 heteroatoms. The third-order valence-corrected chi connectivity index (χ3v) is 4.43. The number of para-hydroxylation sites is 2. The molecule has 2 aromatic carbocycles. The van der Waals surface area contributed by atoms with E-state index in [9.17, 15) is 9.90 Å². The van der Waals surface area contributed by atoms with E-state index in [0.29, 0.717) is 29.8 Å². The molecule has 27 heavy (non-hydrogen) atoms. The molecule has 0 aliphatic carbocycles. The van der Waals surface area contributed by atoms with Crippen molar-refractivity contribution < 1.29 is 9.84 Å². The van der Waals surface area contributed by atoms with Crippen LogP contribution in [-0.4, -0.2) is 46.3 Å². The first kappa shape index (κ1) is 19.1. The number of rotatable bonds is 7. The van der Waals surface area contributed by atoms with Crippen molar-refractivity contribution in [3.8, 4) is 5.75 Å². The number of aliphatic hydroxyl groups is 1. The lowest BCUT2D eigenvalue weighted by Crippen LogP contribution is -2.33. The maximum Gasteiger partial charge on any atom is 0.258 e. The average molecular weight is 367 g/mol. The lowest BCUT2D eigenvalue weighted by atomic mass is 10.1. The van der Waals surface area contributed by atoms with E-state index in [2.05, 4.69) is 9.97 Å². The highest BCUT2D eigenvalue weighted by Gasteiger charge is 2.13. The van der Waals surface area contributed by atoms with Crippen molar-refractivity contribution in [1.29, 1.82) is 0 Å². The second-order valence-electron chi connectivity index (χ2n) is 6.91. The van der Waals surface area contributed by atoms with Crippen molar-refractivity contribution in [2.75, 3.05) is 20.2 Å².